The zero-order valence-corrected chi connectivity index (χ0v) is 15.3. The summed E-state index contributed by atoms with van der Waals surface area (Å²) in [4.78, 5) is 21.2. The van der Waals surface area contributed by atoms with E-state index >= 15 is 0 Å². The molecule has 0 amide bonds. The molecule has 0 spiro atoms. The molecule has 2 aromatic rings. The summed E-state index contributed by atoms with van der Waals surface area (Å²) in [6.45, 7) is 0.844. The van der Waals surface area contributed by atoms with Crippen LogP contribution in [0.1, 0.15) is 5.56 Å². The minimum absolute atomic E-state index is 0.558. The van der Waals surface area contributed by atoms with E-state index in [1.54, 1.807) is 0 Å². The normalized spacial score (nSPS) is 11.0. The number of nitrogens with zero attached hydrogens (tertiary/aromatic N) is 1. The third-order valence-corrected chi connectivity index (χ3v) is 3.04. The maximum atomic E-state index is 9.55. The second kappa shape index (κ2) is 12.1. The molecule has 0 aromatic heterocycles. The first-order chi connectivity index (χ1) is 12.9. The van der Waals surface area contributed by atoms with Gasteiger partial charge in [-0.15, -0.1) is 0 Å². The fraction of sp³-hybridized carbons (Fsp3) is 0.143. The highest BCUT2D eigenvalue weighted by Crippen LogP contribution is 2.20. The van der Waals surface area contributed by atoms with Crippen molar-refractivity contribution in [2.45, 2.75) is 0 Å². The van der Waals surface area contributed by atoms with Gasteiger partial charge in [-0.3, -0.25) is 0 Å². The van der Waals surface area contributed by atoms with E-state index in [4.69, 9.17) is 14.9 Å². The van der Waals surface area contributed by atoms with Crippen LogP contribution in [0.2, 0.25) is 0 Å². The molecule has 2 rings (SSSR count). The standard InChI is InChI=1S/C17H19NO.C4H4O4/c1-18(2)14-13-17(15-9-5-3-6-10-15)19-16-11-7-4-8-12-16;5-3(6)1-2-4(7)8/h3-13H,14H2,1-2H3;1-2H,(H,5,6)(H,7,8). The van der Waals surface area contributed by atoms with Gasteiger partial charge >= 0.3 is 11.9 Å². The molecule has 2 aromatic carbocycles. The minimum atomic E-state index is -1.26. The Morgan fingerprint density at radius 2 is 1.37 bits per heavy atom. The van der Waals surface area contributed by atoms with Crippen molar-refractivity contribution in [3.63, 3.8) is 0 Å². The van der Waals surface area contributed by atoms with E-state index in [0.717, 1.165) is 23.6 Å². The van der Waals surface area contributed by atoms with Gasteiger partial charge in [0.1, 0.15) is 11.5 Å². The van der Waals surface area contributed by atoms with Crippen molar-refractivity contribution in [2.75, 3.05) is 20.6 Å². The quantitative estimate of drug-likeness (QED) is 0.575. The summed E-state index contributed by atoms with van der Waals surface area (Å²) in [5.41, 5.74) is 1.09. The molecule has 0 aliphatic carbocycles. The molecule has 6 heteroatoms. The highest BCUT2D eigenvalue weighted by Gasteiger charge is 2.04. The number of benzene rings is 2. The monoisotopic (exact) mass is 369 g/mol. The van der Waals surface area contributed by atoms with E-state index < -0.39 is 11.9 Å². The smallest absolute Gasteiger partial charge is 0.328 e. The SMILES string of the molecule is CN(C)CC=C(Oc1ccccc1)c1ccccc1.O=C(O)C=CC(=O)O. The van der Waals surface area contributed by atoms with Crippen LogP contribution in [0.4, 0.5) is 0 Å². The van der Waals surface area contributed by atoms with Gasteiger partial charge < -0.3 is 19.8 Å². The first kappa shape index (κ1) is 21.7. The number of hydrogen-bond acceptors (Lipinski definition) is 4. The number of carbonyl (C=O) groups is 2. The number of carboxylic acids is 2. The van der Waals surface area contributed by atoms with Crippen LogP contribution in [0, 0.1) is 0 Å². The average molecular weight is 369 g/mol. The number of aliphatic carboxylic acids is 2. The molecule has 0 unspecified atom stereocenters. The van der Waals surface area contributed by atoms with Crippen LogP contribution in [-0.2, 0) is 9.59 Å². The molecular formula is C21H23NO5. The first-order valence-corrected chi connectivity index (χ1v) is 8.15. The molecule has 0 saturated heterocycles. The van der Waals surface area contributed by atoms with Crippen LogP contribution in [0.5, 0.6) is 5.75 Å². The van der Waals surface area contributed by atoms with Crippen LogP contribution in [0.15, 0.2) is 78.9 Å². The summed E-state index contributed by atoms with van der Waals surface area (Å²) in [6.07, 6.45) is 3.22. The molecule has 0 heterocycles. The van der Waals surface area contributed by atoms with Crippen LogP contribution in [0.25, 0.3) is 5.76 Å². The lowest BCUT2D eigenvalue weighted by molar-refractivity contribution is -0.134. The van der Waals surface area contributed by atoms with Crippen LogP contribution >= 0.6 is 0 Å². The zero-order valence-electron chi connectivity index (χ0n) is 15.3. The molecular weight excluding hydrogens is 346 g/mol. The molecule has 0 aliphatic heterocycles. The fourth-order valence-electron chi connectivity index (χ4n) is 1.84. The van der Waals surface area contributed by atoms with E-state index in [2.05, 4.69) is 23.1 Å². The topological polar surface area (TPSA) is 87.1 Å². The number of hydrogen-bond donors (Lipinski definition) is 2. The van der Waals surface area contributed by atoms with Gasteiger partial charge in [-0.05, 0) is 32.3 Å². The van der Waals surface area contributed by atoms with Gasteiger partial charge in [0.2, 0.25) is 0 Å². The Morgan fingerprint density at radius 1 is 0.889 bits per heavy atom. The Bertz CT molecular complexity index is 752. The highest BCUT2D eigenvalue weighted by molar-refractivity contribution is 5.89. The van der Waals surface area contributed by atoms with Gasteiger partial charge in [-0.25, -0.2) is 9.59 Å². The van der Waals surface area contributed by atoms with Crippen molar-refractivity contribution >= 4 is 17.7 Å². The van der Waals surface area contributed by atoms with Crippen LogP contribution in [-0.4, -0.2) is 47.7 Å². The van der Waals surface area contributed by atoms with Crippen molar-refractivity contribution in [1.82, 2.24) is 4.90 Å². The predicted octanol–water partition coefficient (Wildman–Crippen LogP) is 3.38. The van der Waals surface area contributed by atoms with Gasteiger partial charge in [-0.1, -0.05) is 48.5 Å². The Hall–Kier alpha value is -3.38. The van der Waals surface area contributed by atoms with E-state index in [1.807, 2.05) is 62.6 Å². The molecule has 0 atom stereocenters. The average Bonchev–Trinajstić information content (AvgIpc) is 2.65. The lowest BCUT2D eigenvalue weighted by Crippen LogP contribution is -2.12. The maximum Gasteiger partial charge on any atom is 0.328 e. The zero-order chi connectivity index (χ0) is 20.1. The molecule has 0 aliphatic rings. The summed E-state index contributed by atoms with van der Waals surface area (Å²) in [5, 5.41) is 15.6. The molecule has 0 radical (unpaired) electrons. The van der Waals surface area contributed by atoms with Crippen LogP contribution < -0.4 is 4.74 Å². The Balaban J connectivity index is 0.000000387. The number of likely N-dealkylation sites (N-methyl/N-ethyl adjacent to an activating group) is 1. The molecule has 2 N–H and O–H groups in total. The van der Waals surface area contributed by atoms with Gasteiger partial charge in [0.15, 0.2) is 0 Å². The molecule has 0 fully saturated rings. The lowest BCUT2D eigenvalue weighted by atomic mass is 10.2. The van der Waals surface area contributed by atoms with Crippen molar-refractivity contribution in [3.8, 4) is 5.75 Å². The third-order valence-electron chi connectivity index (χ3n) is 3.04. The summed E-state index contributed by atoms with van der Waals surface area (Å²) in [7, 11) is 4.09. The summed E-state index contributed by atoms with van der Waals surface area (Å²) < 4.78 is 5.99. The van der Waals surface area contributed by atoms with Crippen molar-refractivity contribution in [1.29, 1.82) is 0 Å². The predicted molar refractivity (Wildman–Crippen MR) is 104 cm³/mol. The summed E-state index contributed by atoms with van der Waals surface area (Å²) in [5.74, 6) is -0.767. The molecule has 6 nitrogen and oxygen atoms in total. The second-order valence-corrected chi connectivity index (χ2v) is 5.62. The summed E-state index contributed by atoms with van der Waals surface area (Å²) in [6, 6.07) is 20.0. The Kier molecular flexibility index (Phi) is 9.67. The number of rotatable bonds is 7. The lowest BCUT2D eigenvalue weighted by Gasteiger charge is -2.12. The second-order valence-electron chi connectivity index (χ2n) is 5.62. The number of carboxylic acid groups (broad SMARTS) is 2. The Labute approximate surface area is 158 Å². The molecule has 27 heavy (non-hydrogen) atoms. The van der Waals surface area contributed by atoms with Gasteiger partial charge in [-0.2, -0.15) is 0 Å². The minimum Gasteiger partial charge on any atom is -0.478 e. The molecule has 0 bridgehead atoms. The largest absolute Gasteiger partial charge is 0.478 e. The van der Waals surface area contributed by atoms with E-state index in [0.29, 0.717) is 12.2 Å². The van der Waals surface area contributed by atoms with E-state index in [-0.39, 0.29) is 0 Å². The number of para-hydroxylation sites is 1. The van der Waals surface area contributed by atoms with E-state index in [9.17, 15) is 9.59 Å². The molecule has 142 valence electrons. The molecule has 0 saturated carbocycles. The van der Waals surface area contributed by atoms with Gasteiger partial charge in [0.05, 0.1) is 0 Å². The summed E-state index contributed by atoms with van der Waals surface area (Å²) >= 11 is 0. The van der Waals surface area contributed by atoms with Crippen molar-refractivity contribution < 1.29 is 24.5 Å². The highest BCUT2D eigenvalue weighted by atomic mass is 16.5. The van der Waals surface area contributed by atoms with Crippen molar-refractivity contribution in [2.24, 2.45) is 0 Å². The van der Waals surface area contributed by atoms with E-state index in [1.165, 1.54) is 0 Å². The number of ether oxygens (including phenoxy) is 1. The van der Waals surface area contributed by atoms with Gasteiger partial charge in [0.25, 0.3) is 0 Å². The maximum absolute atomic E-state index is 9.55. The fourth-order valence-corrected chi connectivity index (χ4v) is 1.84. The van der Waals surface area contributed by atoms with Gasteiger partial charge in [0, 0.05) is 24.3 Å². The third kappa shape index (κ3) is 10.3. The Morgan fingerprint density at radius 3 is 1.81 bits per heavy atom. The van der Waals surface area contributed by atoms with Crippen LogP contribution in [0.3, 0.4) is 0 Å². The van der Waals surface area contributed by atoms with Crippen molar-refractivity contribution in [3.05, 3.63) is 84.5 Å². The first-order valence-electron chi connectivity index (χ1n) is 8.15.